The summed E-state index contributed by atoms with van der Waals surface area (Å²) in [6.07, 6.45) is 0. The lowest BCUT2D eigenvalue weighted by molar-refractivity contribution is -0.122. The van der Waals surface area contributed by atoms with Gasteiger partial charge in [0.25, 0.3) is 0 Å². The molecule has 1 aliphatic heterocycles. The number of carbonyl (C=O) groups is 1. The lowest BCUT2D eigenvalue weighted by Gasteiger charge is -2.36. The van der Waals surface area contributed by atoms with Crippen LogP contribution in [0.1, 0.15) is 11.1 Å². The molecule has 0 aromatic heterocycles. The third kappa shape index (κ3) is 4.97. The van der Waals surface area contributed by atoms with Crippen LogP contribution >= 0.6 is 11.6 Å². The molecule has 1 saturated heterocycles. The Hall–Kier alpha value is -2.04. The molecule has 1 heterocycles. The second-order valence-corrected chi connectivity index (χ2v) is 6.89. The molecule has 0 aliphatic carbocycles. The summed E-state index contributed by atoms with van der Waals surface area (Å²) in [4.78, 5) is 16.7. The number of benzene rings is 2. The fourth-order valence-electron chi connectivity index (χ4n) is 3.13. The predicted octanol–water partition coefficient (Wildman–Crippen LogP) is 3.09. The third-order valence-electron chi connectivity index (χ3n) is 4.58. The van der Waals surface area contributed by atoms with Gasteiger partial charge in [0.1, 0.15) is 0 Å². The molecule has 1 aliphatic rings. The Morgan fingerprint density at radius 2 is 1.80 bits per heavy atom. The molecule has 0 bridgehead atoms. The molecule has 132 valence electrons. The van der Waals surface area contributed by atoms with Gasteiger partial charge in [-0.25, -0.2) is 0 Å². The molecule has 3 rings (SSSR count). The maximum atomic E-state index is 12.2. The monoisotopic (exact) mass is 357 g/mol. The van der Waals surface area contributed by atoms with Crippen molar-refractivity contribution in [3.05, 3.63) is 64.7 Å². The van der Waals surface area contributed by atoms with Gasteiger partial charge in [0.15, 0.2) is 0 Å². The first-order valence-electron chi connectivity index (χ1n) is 8.66. The minimum Gasteiger partial charge on any atom is -0.369 e. The molecule has 5 heteroatoms. The van der Waals surface area contributed by atoms with E-state index < -0.39 is 0 Å². The molecule has 1 amide bonds. The smallest absolute Gasteiger partial charge is 0.234 e. The Bertz CT molecular complexity index is 712. The second-order valence-electron chi connectivity index (χ2n) is 6.46. The summed E-state index contributed by atoms with van der Waals surface area (Å²) in [7, 11) is 0. The Morgan fingerprint density at radius 3 is 2.52 bits per heavy atom. The zero-order chi connectivity index (χ0) is 17.6. The number of hydrogen-bond donors (Lipinski definition) is 1. The molecule has 2 aromatic rings. The van der Waals surface area contributed by atoms with E-state index >= 15 is 0 Å². The Balaban J connectivity index is 1.46. The van der Waals surface area contributed by atoms with E-state index in [2.05, 4.69) is 28.1 Å². The van der Waals surface area contributed by atoms with E-state index in [-0.39, 0.29) is 5.91 Å². The number of nitrogens with one attached hydrogen (secondary N) is 1. The summed E-state index contributed by atoms with van der Waals surface area (Å²) in [6, 6.07) is 16.0. The molecule has 1 fully saturated rings. The van der Waals surface area contributed by atoms with E-state index in [0.717, 1.165) is 36.8 Å². The van der Waals surface area contributed by atoms with Crippen molar-refractivity contribution in [2.45, 2.75) is 13.5 Å². The van der Waals surface area contributed by atoms with Gasteiger partial charge in [0.05, 0.1) is 6.54 Å². The molecule has 1 N–H and O–H groups in total. The van der Waals surface area contributed by atoms with Gasteiger partial charge in [-0.1, -0.05) is 48.0 Å². The number of halogens is 1. The molecule has 0 radical (unpaired) electrons. The summed E-state index contributed by atoms with van der Waals surface area (Å²) in [5.74, 6) is 0.0799. The van der Waals surface area contributed by atoms with Crippen LogP contribution in [-0.2, 0) is 11.3 Å². The van der Waals surface area contributed by atoms with Crippen molar-refractivity contribution in [2.75, 3.05) is 37.6 Å². The van der Waals surface area contributed by atoms with Crippen molar-refractivity contribution in [3.8, 4) is 0 Å². The van der Waals surface area contributed by atoms with Crippen LogP contribution in [0.25, 0.3) is 0 Å². The van der Waals surface area contributed by atoms with E-state index in [1.807, 2.05) is 42.5 Å². The predicted molar refractivity (Wildman–Crippen MR) is 103 cm³/mol. The van der Waals surface area contributed by atoms with E-state index in [9.17, 15) is 4.79 Å². The molecular formula is C20H24ClN3O. The Kier molecular flexibility index (Phi) is 5.95. The molecule has 0 unspecified atom stereocenters. The van der Waals surface area contributed by atoms with Gasteiger partial charge < -0.3 is 10.2 Å². The summed E-state index contributed by atoms with van der Waals surface area (Å²) >= 11 is 6.13. The number of aryl methyl sites for hydroxylation is 1. The lowest BCUT2D eigenvalue weighted by atomic mass is 10.1. The van der Waals surface area contributed by atoms with Gasteiger partial charge in [-0.2, -0.15) is 0 Å². The minimum atomic E-state index is 0.0799. The Morgan fingerprint density at radius 1 is 1.08 bits per heavy atom. The molecule has 2 aromatic carbocycles. The third-order valence-corrected chi connectivity index (χ3v) is 4.82. The van der Waals surface area contributed by atoms with Crippen LogP contribution in [-0.4, -0.2) is 43.5 Å². The van der Waals surface area contributed by atoms with Crippen molar-refractivity contribution < 1.29 is 4.79 Å². The number of carbonyl (C=O) groups excluding carboxylic acids is 1. The lowest BCUT2D eigenvalue weighted by Crippen LogP contribution is -2.49. The van der Waals surface area contributed by atoms with E-state index in [1.165, 1.54) is 11.3 Å². The average Bonchev–Trinajstić information content (AvgIpc) is 2.64. The van der Waals surface area contributed by atoms with Crippen molar-refractivity contribution in [1.29, 1.82) is 0 Å². The van der Waals surface area contributed by atoms with Gasteiger partial charge in [-0.05, 0) is 30.2 Å². The van der Waals surface area contributed by atoms with Crippen molar-refractivity contribution >= 4 is 23.2 Å². The largest absolute Gasteiger partial charge is 0.369 e. The first-order chi connectivity index (χ1) is 12.1. The highest BCUT2D eigenvalue weighted by Gasteiger charge is 2.20. The van der Waals surface area contributed by atoms with Crippen LogP contribution in [0, 0.1) is 6.92 Å². The highest BCUT2D eigenvalue weighted by atomic mass is 35.5. The first kappa shape index (κ1) is 17.8. The fraction of sp³-hybridized carbons (Fsp3) is 0.350. The van der Waals surface area contributed by atoms with Crippen molar-refractivity contribution in [3.63, 3.8) is 0 Å². The first-order valence-corrected chi connectivity index (χ1v) is 9.04. The number of amides is 1. The number of anilines is 1. The molecule has 0 saturated carbocycles. The van der Waals surface area contributed by atoms with Gasteiger partial charge in [-0.3, -0.25) is 9.69 Å². The van der Waals surface area contributed by atoms with Crippen LogP contribution in [0.2, 0.25) is 5.02 Å². The number of rotatable bonds is 5. The van der Waals surface area contributed by atoms with E-state index in [1.54, 1.807) is 0 Å². The van der Waals surface area contributed by atoms with Gasteiger partial charge in [0.2, 0.25) is 5.91 Å². The van der Waals surface area contributed by atoms with Crippen LogP contribution in [0.4, 0.5) is 5.69 Å². The van der Waals surface area contributed by atoms with Gasteiger partial charge in [-0.15, -0.1) is 0 Å². The molecule has 4 nitrogen and oxygen atoms in total. The minimum absolute atomic E-state index is 0.0799. The highest BCUT2D eigenvalue weighted by molar-refractivity contribution is 6.30. The number of hydrogen-bond acceptors (Lipinski definition) is 3. The van der Waals surface area contributed by atoms with Gasteiger partial charge >= 0.3 is 0 Å². The summed E-state index contributed by atoms with van der Waals surface area (Å²) in [6.45, 7) is 6.72. The highest BCUT2D eigenvalue weighted by Crippen LogP contribution is 2.25. The normalized spacial score (nSPS) is 15.2. The van der Waals surface area contributed by atoms with E-state index in [0.29, 0.717) is 13.1 Å². The average molecular weight is 358 g/mol. The molecule has 25 heavy (non-hydrogen) atoms. The van der Waals surface area contributed by atoms with E-state index in [4.69, 9.17) is 11.6 Å². The molecular weight excluding hydrogens is 334 g/mol. The fourth-order valence-corrected chi connectivity index (χ4v) is 3.29. The SMILES string of the molecule is Cc1ccc(Cl)cc1N1CCN(CC(=O)NCc2ccccc2)CC1. The zero-order valence-corrected chi connectivity index (χ0v) is 15.3. The summed E-state index contributed by atoms with van der Waals surface area (Å²) in [5, 5.41) is 3.76. The zero-order valence-electron chi connectivity index (χ0n) is 14.5. The number of nitrogens with zero attached hydrogens (tertiary/aromatic N) is 2. The van der Waals surface area contributed by atoms with Crippen molar-refractivity contribution in [2.24, 2.45) is 0 Å². The quantitative estimate of drug-likeness (QED) is 0.893. The van der Waals surface area contributed by atoms with Crippen molar-refractivity contribution in [1.82, 2.24) is 10.2 Å². The summed E-state index contributed by atoms with van der Waals surface area (Å²) in [5.41, 5.74) is 3.55. The Labute approximate surface area is 154 Å². The standard InChI is InChI=1S/C20H24ClN3O/c1-16-7-8-18(21)13-19(16)24-11-9-23(10-12-24)15-20(25)22-14-17-5-3-2-4-6-17/h2-8,13H,9-12,14-15H2,1H3,(H,22,25). The number of piperazine rings is 1. The molecule has 0 spiro atoms. The molecule has 0 atom stereocenters. The summed E-state index contributed by atoms with van der Waals surface area (Å²) < 4.78 is 0. The second kappa shape index (κ2) is 8.37. The van der Waals surface area contributed by atoms with Crippen LogP contribution in [0.5, 0.6) is 0 Å². The van der Waals surface area contributed by atoms with Crippen LogP contribution in [0.15, 0.2) is 48.5 Å². The maximum absolute atomic E-state index is 12.2. The van der Waals surface area contributed by atoms with Crippen LogP contribution in [0.3, 0.4) is 0 Å². The topological polar surface area (TPSA) is 35.6 Å². The van der Waals surface area contributed by atoms with Crippen LogP contribution < -0.4 is 10.2 Å². The van der Waals surface area contributed by atoms with Gasteiger partial charge in [0, 0.05) is 43.4 Å². The maximum Gasteiger partial charge on any atom is 0.234 e.